The van der Waals surface area contributed by atoms with E-state index >= 15 is 0 Å². The van der Waals surface area contributed by atoms with Crippen LogP contribution in [0.1, 0.15) is 342 Å². The molecule has 0 N–H and O–H groups in total. The van der Waals surface area contributed by atoms with Crippen molar-refractivity contribution in [3.63, 3.8) is 0 Å². The molecule has 0 aromatic rings. The fourth-order valence-electron chi connectivity index (χ4n) is 9.45. The van der Waals surface area contributed by atoms with Gasteiger partial charge in [0, 0.05) is 19.3 Å². The zero-order chi connectivity index (χ0) is 52.9. The molecular formula is C67H122O6. The number of allylic oxidation sites excluding steroid dienone is 8. The Balaban J connectivity index is 4.35. The minimum atomic E-state index is -0.776. The van der Waals surface area contributed by atoms with Gasteiger partial charge in [-0.2, -0.15) is 0 Å². The SMILES string of the molecule is CCCCC/C=C\C/C=C\CCCCCCCCCCCC(=O)OC[C@@H](COC(=O)CCCCCCCCCCCCCCCCCCC)OC(=O)CCCCCCCCCCC/C=C\C/C=C\CCCCC. The molecule has 0 fully saturated rings. The summed E-state index contributed by atoms with van der Waals surface area (Å²) in [4.78, 5) is 38.3. The van der Waals surface area contributed by atoms with E-state index in [4.69, 9.17) is 14.2 Å². The summed E-state index contributed by atoms with van der Waals surface area (Å²) in [5, 5.41) is 0. The van der Waals surface area contributed by atoms with Crippen LogP contribution in [0.15, 0.2) is 48.6 Å². The van der Waals surface area contributed by atoms with E-state index in [2.05, 4.69) is 69.4 Å². The predicted molar refractivity (Wildman–Crippen MR) is 316 cm³/mol. The van der Waals surface area contributed by atoms with E-state index in [0.717, 1.165) is 70.6 Å². The second kappa shape index (κ2) is 61.9. The molecule has 0 aromatic heterocycles. The summed E-state index contributed by atoms with van der Waals surface area (Å²) in [6, 6.07) is 0. The molecule has 0 amide bonds. The third-order valence-corrected chi connectivity index (χ3v) is 14.3. The summed E-state index contributed by atoms with van der Waals surface area (Å²) < 4.78 is 17.0. The topological polar surface area (TPSA) is 78.9 Å². The Bertz CT molecular complexity index is 1270. The number of unbranched alkanes of at least 4 members (excludes halogenated alkanes) is 40. The van der Waals surface area contributed by atoms with E-state index in [-0.39, 0.29) is 31.1 Å². The van der Waals surface area contributed by atoms with Crippen molar-refractivity contribution in [2.75, 3.05) is 13.2 Å². The molecule has 0 bridgehead atoms. The lowest BCUT2D eigenvalue weighted by Gasteiger charge is -2.18. The van der Waals surface area contributed by atoms with E-state index in [9.17, 15) is 14.4 Å². The molecule has 0 aliphatic heterocycles. The van der Waals surface area contributed by atoms with E-state index < -0.39 is 6.10 Å². The van der Waals surface area contributed by atoms with E-state index in [1.165, 1.54) is 231 Å². The van der Waals surface area contributed by atoms with Gasteiger partial charge >= 0.3 is 17.9 Å². The molecular weight excluding hydrogens is 901 g/mol. The molecule has 0 saturated carbocycles. The van der Waals surface area contributed by atoms with Crippen molar-refractivity contribution in [3.8, 4) is 0 Å². The van der Waals surface area contributed by atoms with Gasteiger partial charge in [-0.05, 0) is 83.5 Å². The minimum absolute atomic E-state index is 0.0722. The molecule has 0 saturated heterocycles. The third-order valence-electron chi connectivity index (χ3n) is 14.3. The van der Waals surface area contributed by atoms with Gasteiger partial charge in [0.2, 0.25) is 0 Å². The van der Waals surface area contributed by atoms with Gasteiger partial charge in [-0.25, -0.2) is 0 Å². The maximum absolute atomic E-state index is 12.9. The lowest BCUT2D eigenvalue weighted by molar-refractivity contribution is -0.167. The van der Waals surface area contributed by atoms with Crippen LogP contribution in [0.3, 0.4) is 0 Å². The zero-order valence-corrected chi connectivity index (χ0v) is 48.9. The quantitative estimate of drug-likeness (QED) is 0.0261. The highest BCUT2D eigenvalue weighted by Crippen LogP contribution is 2.17. The van der Waals surface area contributed by atoms with E-state index in [1.807, 2.05) is 0 Å². The smallest absolute Gasteiger partial charge is 0.306 e. The Morgan fingerprint density at radius 1 is 0.274 bits per heavy atom. The van der Waals surface area contributed by atoms with Gasteiger partial charge in [-0.15, -0.1) is 0 Å². The Hall–Kier alpha value is -2.63. The lowest BCUT2D eigenvalue weighted by atomic mass is 10.0. The van der Waals surface area contributed by atoms with Crippen LogP contribution in [-0.4, -0.2) is 37.2 Å². The summed E-state index contributed by atoms with van der Waals surface area (Å²) in [5.41, 5.74) is 0. The van der Waals surface area contributed by atoms with Crippen LogP contribution in [0.4, 0.5) is 0 Å². The molecule has 6 nitrogen and oxygen atoms in total. The standard InChI is InChI=1S/C67H122O6/c1-4-7-10-13-16-19-22-25-28-31-33-36-39-42-45-48-51-54-57-60-66(69)72-63-64(62-71-65(68)59-56-53-50-47-44-41-38-35-30-27-24-21-18-15-12-9-6-3)73-67(70)61-58-55-52-49-46-43-40-37-34-32-29-26-23-20-17-14-11-8-5-2/h16-17,19-20,25-26,28-29,64H,4-15,18,21-24,27,30-63H2,1-3H3/b19-16-,20-17-,28-25-,29-26-/t64-/m1/s1. The van der Waals surface area contributed by atoms with Crippen molar-refractivity contribution in [2.24, 2.45) is 0 Å². The van der Waals surface area contributed by atoms with Gasteiger partial charge < -0.3 is 14.2 Å². The second-order valence-electron chi connectivity index (χ2n) is 21.7. The van der Waals surface area contributed by atoms with Crippen LogP contribution in [0.5, 0.6) is 0 Å². The fourth-order valence-corrected chi connectivity index (χ4v) is 9.45. The van der Waals surface area contributed by atoms with Crippen molar-refractivity contribution in [1.29, 1.82) is 0 Å². The molecule has 426 valence electrons. The van der Waals surface area contributed by atoms with Crippen molar-refractivity contribution < 1.29 is 28.6 Å². The summed E-state index contributed by atoms with van der Waals surface area (Å²) in [5.74, 6) is -0.859. The highest BCUT2D eigenvalue weighted by Gasteiger charge is 2.19. The molecule has 0 aliphatic carbocycles. The van der Waals surface area contributed by atoms with Crippen molar-refractivity contribution in [3.05, 3.63) is 48.6 Å². The van der Waals surface area contributed by atoms with Crippen LogP contribution in [-0.2, 0) is 28.6 Å². The Morgan fingerprint density at radius 3 is 0.781 bits per heavy atom. The molecule has 0 rings (SSSR count). The highest BCUT2D eigenvalue weighted by atomic mass is 16.6. The summed E-state index contributed by atoms with van der Waals surface area (Å²) in [6.45, 7) is 6.64. The first kappa shape index (κ1) is 70.4. The number of ether oxygens (including phenoxy) is 3. The lowest BCUT2D eigenvalue weighted by Crippen LogP contribution is -2.30. The van der Waals surface area contributed by atoms with Gasteiger partial charge in [0.1, 0.15) is 13.2 Å². The van der Waals surface area contributed by atoms with Gasteiger partial charge in [0.05, 0.1) is 0 Å². The summed E-state index contributed by atoms with van der Waals surface area (Å²) in [6.07, 6.45) is 76.8. The average Bonchev–Trinajstić information content (AvgIpc) is 3.39. The van der Waals surface area contributed by atoms with Gasteiger partial charge in [0.25, 0.3) is 0 Å². The number of esters is 3. The Morgan fingerprint density at radius 2 is 0.493 bits per heavy atom. The second-order valence-corrected chi connectivity index (χ2v) is 21.7. The van der Waals surface area contributed by atoms with Crippen LogP contribution < -0.4 is 0 Å². The van der Waals surface area contributed by atoms with Crippen molar-refractivity contribution >= 4 is 17.9 Å². The highest BCUT2D eigenvalue weighted by molar-refractivity contribution is 5.71. The molecule has 0 aliphatic rings. The van der Waals surface area contributed by atoms with Crippen LogP contribution in [0, 0.1) is 0 Å². The normalized spacial score (nSPS) is 12.3. The maximum Gasteiger partial charge on any atom is 0.306 e. The molecule has 0 aromatic carbocycles. The van der Waals surface area contributed by atoms with Crippen LogP contribution >= 0.6 is 0 Å². The Kier molecular flexibility index (Phi) is 59.7. The first-order valence-electron chi connectivity index (χ1n) is 32.1. The van der Waals surface area contributed by atoms with Crippen molar-refractivity contribution in [2.45, 2.75) is 348 Å². The molecule has 0 radical (unpaired) electrons. The summed E-state index contributed by atoms with van der Waals surface area (Å²) in [7, 11) is 0. The van der Waals surface area contributed by atoms with Crippen molar-refractivity contribution in [1.82, 2.24) is 0 Å². The van der Waals surface area contributed by atoms with E-state index in [0.29, 0.717) is 19.3 Å². The molecule has 0 spiro atoms. The number of hydrogen-bond acceptors (Lipinski definition) is 6. The van der Waals surface area contributed by atoms with Crippen LogP contribution in [0.2, 0.25) is 0 Å². The number of carbonyl (C=O) groups is 3. The third kappa shape index (κ3) is 60.1. The molecule has 0 unspecified atom stereocenters. The maximum atomic E-state index is 12.9. The fraction of sp³-hybridized carbons (Fsp3) is 0.836. The van der Waals surface area contributed by atoms with E-state index in [1.54, 1.807) is 0 Å². The first-order valence-corrected chi connectivity index (χ1v) is 32.1. The predicted octanol–water partition coefficient (Wildman–Crippen LogP) is 21.8. The van der Waals surface area contributed by atoms with Gasteiger partial charge in [-0.1, -0.05) is 288 Å². The molecule has 0 heterocycles. The largest absolute Gasteiger partial charge is 0.462 e. The molecule has 73 heavy (non-hydrogen) atoms. The molecule has 6 heteroatoms. The number of hydrogen-bond donors (Lipinski definition) is 0. The van der Waals surface area contributed by atoms with Crippen LogP contribution in [0.25, 0.3) is 0 Å². The van der Waals surface area contributed by atoms with Gasteiger partial charge in [-0.3, -0.25) is 14.4 Å². The number of carbonyl (C=O) groups excluding carboxylic acids is 3. The minimum Gasteiger partial charge on any atom is -0.462 e. The molecule has 1 atom stereocenters. The monoisotopic (exact) mass is 1020 g/mol. The van der Waals surface area contributed by atoms with Gasteiger partial charge in [0.15, 0.2) is 6.10 Å². The summed E-state index contributed by atoms with van der Waals surface area (Å²) >= 11 is 0. The average molecular weight is 1020 g/mol. The number of rotatable bonds is 59. The first-order chi connectivity index (χ1) is 36.0. The Labute approximate surface area is 454 Å². The zero-order valence-electron chi connectivity index (χ0n) is 48.9.